The first-order chi connectivity index (χ1) is 4.86. The topological polar surface area (TPSA) is 0 Å². The minimum atomic E-state index is -0.728. The van der Waals surface area contributed by atoms with Crippen LogP contribution in [-0.4, -0.2) is 37.6 Å². The molecule has 4 heteroatoms. The summed E-state index contributed by atoms with van der Waals surface area (Å²) in [5.74, 6) is 0. The Morgan fingerprint density at radius 3 is 1.60 bits per heavy atom. The molecule has 1 saturated heterocycles. The fraction of sp³-hybridized carbons (Fsp3) is 1.00. The fourth-order valence-electron chi connectivity index (χ4n) is 0.738. The summed E-state index contributed by atoms with van der Waals surface area (Å²) in [5, 5.41) is 5.19. The molecule has 0 radical (unpaired) electrons. The Hall–Kier alpha value is 2.47. The molecule has 0 N–H and O–H groups in total. The number of rotatable bonds is 4. The van der Waals surface area contributed by atoms with Gasteiger partial charge >= 0.3 is 83.1 Å². The molecule has 0 atom stereocenters. The van der Waals surface area contributed by atoms with Crippen LogP contribution in [0.5, 0.6) is 0 Å². The maximum absolute atomic E-state index is 2.59. The Bertz CT molecular complexity index is 83.7. The first kappa shape index (κ1) is 10.5. The van der Waals surface area contributed by atoms with Crippen LogP contribution in [0.3, 0.4) is 0 Å². The van der Waals surface area contributed by atoms with Gasteiger partial charge in [-0.2, -0.15) is 0 Å². The summed E-state index contributed by atoms with van der Waals surface area (Å²) in [5.41, 5.74) is 0. The zero-order valence-electron chi connectivity index (χ0n) is 6.54. The molecule has 0 saturated carbocycles. The third-order valence-electron chi connectivity index (χ3n) is 1.18. The van der Waals surface area contributed by atoms with Crippen molar-refractivity contribution in [3.05, 3.63) is 0 Å². The van der Waals surface area contributed by atoms with Gasteiger partial charge in [0.05, 0.1) is 0 Å². The summed E-state index contributed by atoms with van der Waals surface area (Å²) in [6.45, 7) is 4.69. The first-order valence-corrected chi connectivity index (χ1v) is 27.2. The second-order valence-corrected chi connectivity index (χ2v) is 68.0. The first-order valence-electron chi connectivity index (χ1n) is 3.78. The summed E-state index contributed by atoms with van der Waals surface area (Å²) in [6, 6.07) is 0. The summed E-state index contributed by atoms with van der Waals surface area (Å²) >= 11 is -1.46. The van der Waals surface area contributed by atoms with Crippen LogP contribution in [-0.2, 0) is 0 Å². The van der Waals surface area contributed by atoms with E-state index in [1.807, 2.05) is 0 Å². The molecular formula is C6H14Bi2S2. The molecule has 0 aromatic rings. The van der Waals surface area contributed by atoms with Crippen molar-refractivity contribution in [2.45, 2.75) is 34.9 Å². The number of hydrogen-bond donors (Lipinski definition) is 0. The molecule has 0 nitrogen and oxygen atoms in total. The molecule has 1 aliphatic heterocycles. The summed E-state index contributed by atoms with van der Waals surface area (Å²) in [7, 11) is 0. The Morgan fingerprint density at radius 1 is 0.900 bits per heavy atom. The average molecular weight is 568 g/mol. The van der Waals surface area contributed by atoms with Gasteiger partial charge in [0.1, 0.15) is 0 Å². The molecule has 0 amide bonds. The van der Waals surface area contributed by atoms with Gasteiger partial charge in [-0.25, -0.2) is 0 Å². The summed E-state index contributed by atoms with van der Waals surface area (Å²) < 4.78 is 3.33. The van der Waals surface area contributed by atoms with E-state index in [0.29, 0.717) is 0 Å². The van der Waals surface area contributed by atoms with E-state index < -0.39 is 37.6 Å². The Balaban J connectivity index is 1.95. The molecule has 1 heterocycles. The van der Waals surface area contributed by atoms with Gasteiger partial charge in [0.2, 0.25) is 0 Å². The van der Waals surface area contributed by atoms with Gasteiger partial charge in [0.15, 0.2) is 0 Å². The second-order valence-electron chi connectivity index (χ2n) is 2.28. The van der Waals surface area contributed by atoms with Gasteiger partial charge in [0.25, 0.3) is 0 Å². The van der Waals surface area contributed by atoms with Crippen molar-refractivity contribution < 1.29 is 0 Å². The molecule has 0 spiro atoms. The molecule has 0 aromatic carbocycles. The molecule has 0 bridgehead atoms. The van der Waals surface area contributed by atoms with E-state index in [1.165, 1.54) is 12.8 Å². The van der Waals surface area contributed by atoms with Crippen LogP contribution in [0.1, 0.15) is 26.7 Å². The standard InChI is InChI=1S/2C3H7.2Bi.2S/c2*1-3-2;;;;/h2*1,3H2,2H3;;;;. The van der Waals surface area contributed by atoms with Crippen molar-refractivity contribution in [1.82, 2.24) is 0 Å². The van der Waals surface area contributed by atoms with E-state index in [1.54, 1.807) is 8.26 Å². The van der Waals surface area contributed by atoms with E-state index in [9.17, 15) is 0 Å². The molecule has 0 unspecified atom stereocenters. The van der Waals surface area contributed by atoms with E-state index >= 15 is 0 Å². The quantitative estimate of drug-likeness (QED) is 0.478. The fourth-order valence-corrected chi connectivity index (χ4v) is 155. The molecule has 1 rings (SSSR count). The zero-order chi connectivity index (χ0) is 7.40. The van der Waals surface area contributed by atoms with Crippen LogP contribution in [0.15, 0.2) is 0 Å². The SMILES string of the molecule is CC[CH2][Bi]1[S][Bi]([CH2]CC)[S]1. The third-order valence-corrected chi connectivity index (χ3v) is 159. The van der Waals surface area contributed by atoms with Crippen LogP contribution in [0.2, 0.25) is 8.26 Å². The van der Waals surface area contributed by atoms with E-state index in [-0.39, 0.29) is 0 Å². The van der Waals surface area contributed by atoms with E-state index in [2.05, 4.69) is 24.4 Å². The van der Waals surface area contributed by atoms with E-state index in [0.717, 1.165) is 0 Å². The summed E-state index contributed by atoms with van der Waals surface area (Å²) in [6.07, 6.45) is 2.95. The molecule has 1 aliphatic rings. The molecule has 10 heavy (non-hydrogen) atoms. The monoisotopic (exact) mass is 568 g/mol. The second kappa shape index (κ2) is 6.00. The van der Waals surface area contributed by atoms with Crippen LogP contribution in [0.25, 0.3) is 0 Å². The molecular weight excluding hydrogens is 554 g/mol. The zero-order valence-corrected chi connectivity index (χ0v) is 15.1. The normalized spacial score (nSPS) is 21.0. The van der Waals surface area contributed by atoms with Gasteiger partial charge in [-0.15, -0.1) is 0 Å². The van der Waals surface area contributed by atoms with Crippen molar-refractivity contribution in [3.8, 4) is 0 Å². The van der Waals surface area contributed by atoms with Gasteiger partial charge in [-0.3, -0.25) is 0 Å². The van der Waals surface area contributed by atoms with Crippen LogP contribution < -0.4 is 0 Å². The van der Waals surface area contributed by atoms with Crippen LogP contribution in [0, 0.1) is 0 Å². The van der Waals surface area contributed by atoms with Crippen molar-refractivity contribution in [1.29, 1.82) is 0 Å². The average Bonchev–Trinajstić information content (AvgIpc) is 1.84. The van der Waals surface area contributed by atoms with E-state index in [4.69, 9.17) is 0 Å². The van der Waals surface area contributed by atoms with Crippen molar-refractivity contribution >= 4 is 48.2 Å². The Morgan fingerprint density at radius 2 is 1.30 bits per heavy atom. The molecule has 0 aromatic heterocycles. The predicted molar refractivity (Wildman–Crippen MR) is 56.9 cm³/mol. The van der Waals surface area contributed by atoms with Gasteiger partial charge < -0.3 is 0 Å². The molecule has 1 fully saturated rings. The Labute approximate surface area is 81.7 Å². The van der Waals surface area contributed by atoms with Crippen molar-refractivity contribution in [3.63, 3.8) is 0 Å². The molecule has 0 aliphatic carbocycles. The predicted octanol–water partition coefficient (Wildman–Crippen LogP) is 3.26. The third kappa shape index (κ3) is 3.46. The minimum absolute atomic E-state index is 0.728. The van der Waals surface area contributed by atoms with Crippen LogP contribution >= 0.6 is 10.5 Å². The maximum atomic E-state index is 2.59. The molecule has 60 valence electrons. The van der Waals surface area contributed by atoms with Gasteiger partial charge in [-0.05, 0) is 0 Å². The van der Waals surface area contributed by atoms with Crippen molar-refractivity contribution in [2.24, 2.45) is 0 Å². The van der Waals surface area contributed by atoms with Gasteiger partial charge in [-0.1, -0.05) is 0 Å². The van der Waals surface area contributed by atoms with Gasteiger partial charge in [0, 0.05) is 0 Å². The Kier molecular flexibility index (Phi) is 6.33. The van der Waals surface area contributed by atoms with Crippen LogP contribution in [0.4, 0.5) is 0 Å². The number of hydrogen-bond acceptors (Lipinski definition) is 2. The van der Waals surface area contributed by atoms with Crippen molar-refractivity contribution in [2.75, 3.05) is 0 Å². The summed E-state index contributed by atoms with van der Waals surface area (Å²) in [4.78, 5) is 0.